The summed E-state index contributed by atoms with van der Waals surface area (Å²) in [6.07, 6.45) is -0.697. The molecule has 1 saturated carbocycles. The van der Waals surface area contributed by atoms with Crippen LogP contribution in [0, 0.1) is 13.8 Å². The van der Waals surface area contributed by atoms with Crippen molar-refractivity contribution < 1.29 is 27.4 Å². The van der Waals surface area contributed by atoms with Crippen molar-refractivity contribution >= 4 is 5.91 Å². The predicted molar refractivity (Wildman–Crippen MR) is 125 cm³/mol. The highest BCUT2D eigenvalue weighted by molar-refractivity contribution is 5.94. The first-order valence-electron chi connectivity index (χ1n) is 11.9. The molecule has 3 atom stereocenters. The zero-order valence-electron chi connectivity index (χ0n) is 20.5. The Kier molecular flexibility index (Phi) is 7.11. The van der Waals surface area contributed by atoms with Crippen LogP contribution in [0.3, 0.4) is 0 Å². The molecule has 6 nitrogen and oxygen atoms in total. The van der Waals surface area contributed by atoms with Gasteiger partial charge < -0.3 is 14.8 Å². The lowest BCUT2D eigenvalue weighted by Gasteiger charge is -2.33. The van der Waals surface area contributed by atoms with E-state index in [-0.39, 0.29) is 23.2 Å². The smallest absolute Gasteiger partial charge is 0.433 e. The molecule has 1 saturated heterocycles. The normalized spacial score (nSPS) is 22.9. The standard InChI is InChI=1S/C26H32F3N3O3/c1-16-17(2)21(35-13-12-34-4)8-7-20(16)18(3)32-11-5-10-25(32)14-23(25)31-24(33)19-6-9-22(30-15-19)26(27,28)29/h6-9,15,18,23H,5,10-14H2,1-4H3,(H,31,33). The van der Waals surface area contributed by atoms with Crippen LogP contribution in [0.1, 0.15) is 65.0 Å². The molecule has 35 heavy (non-hydrogen) atoms. The Morgan fingerprint density at radius 2 is 2.00 bits per heavy atom. The van der Waals surface area contributed by atoms with Crippen LogP contribution in [-0.4, -0.2) is 54.2 Å². The molecule has 2 fully saturated rings. The topological polar surface area (TPSA) is 63.7 Å². The van der Waals surface area contributed by atoms with E-state index in [0.29, 0.717) is 13.2 Å². The maximum atomic E-state index is 12.8. The fraction of sp³-hybridized carbons (Fsp3) is 0.538. The van der Waals surface area contributed by atoms with Gasteiger partial charge in [-0.25, -0.2) is 0 Å². The quantitative estimate of drug-likeness (QED) is 0.536. The zero-order valence-corrected chi connectivity index (χ0v) is 20.5. The van der Waals surface area contributed by atoms with Gasteiger partial charge in [-0.05, 0) is 81.5 Å². The number of alkyl halides is 3. The van der Waals surface area contributed by atoms with Crippen LogP contribution in [-0.2, 0) is 10.9 Å². The largest absolute Gasteiger partial charge is 0.491 e. The number of likely N-dealkylation sites (tertiary alicyclic amines) is 1. The molecule has 3 unspecified atom stereocenters. The number of hydrogen-bond donors (Lipinski definition) is 1. The number of nitrogens with one attached hydrogen (secondary N) is 1. The Morgan fingerprint density at radius 3 is 2.66 bits per heavy atom. The molecule has 2 heterocycles. The predicted octanol–water partition coefficient (Wildman–Crippen LogP) is 4.84. The third-order valence-corrected chi connectivity index (χ3v) is 7.49. The Bertz CT molecular complexity index is 1070. The molecule has 0 radical (unpaired) electrons. The van der Waals surface area contributed by atoms with Crippen molar-refractivity contribution in [3.8, 4) is 5.75 Å². The highest BCUT2D eigenvalue weighted by Gasteiger charge is 2.61. The first-order valence-corrected chi connectivity index (χ1v) is 11.9. The molecule has 0 bridgehead atoms. The van der Waals surface area contributed by atoms with Gasteiger partial charge in [0.15, 0.2) is 0 Å². The molecule has 1 aliphatic carbocycles. The van der Waals surface area contributed by atoms with Gasteiger partial charge in [0, 0.05) is 30.9 Å². The van der Waals surface area contributed by atoms with Crippen molar-refractivity contribution in [1.82, 2.24) is 15.2 Å². The fourth-order valence-corrected chi connectivity index (χ4v) is 5.34. The molecule has 1 amide bonds. The van der Waals surface area contributed by atoms with Crippen molar-refractivity contribution in [2.75, 3.05) is 26.9 Å². The third-order valence-electron chi connectivity index (χ3n) is 7.49. The Labute approximate surface area is 203 Å². The second-order valence-electron chi connectivity index (χ2n) is 9.48. The monoisotopic (exact) mass is 491 g/mol. The summed E-state index contributed by atoms with van der Waals surface area (Å²) < 4.78 is 49.2. The number of amides is 1. The van der Waals surface area contributed by atoms with Gasteiger partial charge in [0.1, 0.15) is 18.1 Å². The molecule has 1 spiro atoms. The van der Waals surface area contributed by atoms with Gasteiger partial charge in [-0.3, -0.25) is 14.7 Å². The Balaban J connectivity index is 1.44. The summed E-state index contributed by atoms with van der Waals surface area (Å²) >= 11 is 0. The van der Waals surface area contributed by atoms with E-state index in [1.165, 1.54) is 17.2 Å². The number of carbonyl (C=O) groups excluding carboxylic acids is 1. The average Bonchev–Trinajstić information content (AvgIpc) is 3.32. The number of carbonyl (C=O) groups is 1. The third kappa shape index (κ3) is 5.02. The van der Waals surface area contributed by atoms with E-state index >= 15 is 0 Å². The minimum absolute atomic E-state index is 0.0414. The van der Waals surface area contributed by atoms with E-state index in [2.05, 4.69) is 42.0 Å². The number of nitrogens with zero attached hydrogens (tertiary/aromatic N) is 2. The van der Waals surface area contributed by atoms with E-state index in [1.54, 1.807) is 7.11 Å². The fourth-order valence-electron chi connectivity index (χ4n) is 5.34. The van der Waals surface area contributed by atoms with E-state index in [0.717, 1.165) is 49.4 Å². The number of benzene rings is 1. The molecular weight excluding hydrogens is 459 g/mol. The Morgan fingerprint density at radius 1 is 1.23 bits per heavy atom. The van der Waals surface area contributed by atoms with Gasteiger partial charge in [-0.1, -0.05) is 6.07 Å². The second kappa shape index (κ2) is 9.78. The van der Waals surface area contributed by atoms with Crippen LogP contribution in [0.2, 0.25) is 0 Å². The van der Waals surface area contributed by atoms with Crippen molar-refractivity contribution in [1.29, 1.82) is 0 Å². The SMILES string of the molecule is COCCOc1ccc(C(C)N2CCCC23CC3NC(=O)c2ccc(C(F)(F)F)nc2)c(C)c1C. The van der Waals surface area contributed by atoms with E-state index in [9.17, 15) is 18.0 Å². The van der Waals surface area contributed by atoms with Gasteiger partial charge in [0.05, 0.1) is 12.2 Å². The lowest BCUT2D eigenvalue weighted by atomic mass is 9.95. The minimum Gasteiger partial charge on any atom is -0.491 e. The number of rotatable bonds is 8. The van der Waals surface area contributed by atoms with Crippen molar-refractivity contribution in [3.05, 3.63) is 58.4 Å². The molecule has 1 aromatic carbocycles. The second-order valence-corrected chi connectivity index (χ2v) is 9.48. The molecule has 2 aliphatic rings. The number of ether oxygens (including phenoxy) is 2. The van der Waals surface area contributed by atoms with Crippen LogP contribution in [0.15, 0.2) is 30.5 Å². The first kappa shape index (κ1) is 25.4. The van der Waals surface area contributed by atoms with Crippen LogP contribution >= 0.6 is 0 Å². The van der Waals surface area contributed by atoms with E-state index in [4.69, 9.17) is 9.47 Å². The van der Waals surface area contributed by atoms with Crippen LogP contribution in [0.25, 0.3) is 0 Å². The minimum atomic E-state index is -4.53. The number of halogens is 3. The lowest BCUT2D eigenvalue weighted by molar-refractivity contribution is -0.141. The van der Waals surface area contributed by atoms with E-state index in [1.807, 2.05) is 6.07 Å². The summed E-state index contributed by atoms with van der Waals surface area (Å²) in [5.41, 5.74) is 2.52. The number of hydrogen-bond acceptors (Lipinski definition) is 5. The molecule has 1 aromatic heterocycles. The van der Waals surface area contributed by atoms with Crippen LogP contribution < -0.4 is 10.1 Å². The highest BCUT2D eigenvalue weighted by atomic mass is 19.4. The molecule has 9 heteroatoms. The maximum absolute atomic E-state index is 12.8. The summed E-state index contributed by atoms with van der Waals surface area (Å²) in [5, 5.41) is 3.03. The summed E-state index contributed by atoms with van der Waals surface area (Å²) in [6.45, 7) is 8.32. The summed E-state index contributed by atoms with van der Waals surface area (Å²) in [5.74, 6) is 0.463. The summed E-state index contributed by atoms with van der Waals surface area (Å²) in [6, 6.07) is 6.26. The zero-order chi connectivity index (χ0) is 25.4. The van der Waals surface area contributed by atoms with Crippen molar-refractivity contribution in [3.63, 3.8) is 0 Å². The number of pyridine rings is 1. The van der Waals surface area contributed by atoms with E-state index < -0.39 is 17.8 Å². The number of aromatic nitrogens is 1. The van der Waals surface area contributed by atoms with Gasteiger partial charge >= 0.3 is 6.18 Å². The summed E-state index contributed by atoms with van der Waals surface area (Å²) in [4.78, 5) is 18.6. The van der Waals surface area contributed by atoms with Crippen LogP contribution in [0.4, 0.5) is 13.2 Å². The molecule has 1 aliphatic heterocycles. The summed E-state index contributed by atoms with van der Waals surface area (Å²) in [7, 11) is 1.64. The molecule has 2 aromatic rings. The van der Waals surface area contributed by atoms with Gasteiger partial charge in [0.2, 0.25) is 0 Å². The molecule has 190 valence electrons. The highest BCUT2D eigenvalue weighted by Crippen LogP contribution is 2.53. The first-order chi connectivity index (χ1) is 16.6. The lowest BCUT2D eigenvalue weighted by Crippen LogP contribution is -2.41. The van der Waals surface area contributed by atoms with Crippen LogP contribution in [0.5, 0.6) is 5.75 Å². The van der Waals surface area contributed by atoms with Crippen molar-refractivity contribution in [2.45, 2.75) is 63.8 Å². The average molecular weight is 492 g/mol. The molecule has 1 N–H and O–H groups in total. The van der Waals surface area contributed by atoms with Crippen molar-refractivity contribution in [2.24, 2.45) is 0 Å². The Hall–Kier alpha value is -2.65. The van der Waals surface area contributed by atoms with Gasteiger partial charge in [-0.15, -0.1) is 0 Å². The molecular formula is C26H32F3N3O3. The van der Waals surface area contributed by atoms with Gasteiger partial charge in [-0.2, -0.15) is 13.2 Å². The van der Waals surface area contributed by atoms with Gasteiger partial charge in [0.25, 0.3) is 5.91 Å². The number of methoxy groups -OCH3 is 1. The maximum Gasteiger partial charge on any atom is 0.433 e. The molecule has 4 rings (SSSR count).